The molecular formula is C30H29FN10O. The van der Waals surface area contributed by atoms with Crippen molar-refractivity contribution in [1.29, 1.82) is 0 Å². The third-order valence-electron chi connectivity index (χ3n) is 6.78. The van der Waals surface area contributed by atoms with Gasteiger partial charge in [-0.2, -0.15) is 5.10 Å². The first-order chi connectivity index (χ1) is 20.4. The van der Waals surface area contributed by atoms with E-state index < -0.39 is 0 Å². The molecule has 0 saturated heterocycles. The van der Waals surface area contributed by atoms with E-state index in [1.807, 2.05) is 38.4 Å². The zero-order chi connectivity index (χ0) is 29.2. The molecule has 42 heavy (non-hydrogen) atoms. The molecule has 0 aliphatic heterocycles. The van der Waals surface area contributed by atoms with Gasteiger partial charge in [0.15, 0.2) is 11.5 Å². The van der Waals surface area contributed by atoms with Crippen LogP contribution in [0.25, 0.3) is 56.0 Å². The number of hydrogen-bond donors (Lipinski definition) is 4. The minimum absolute atomic E-state index is 0.0894. The lowest BCUT2D eigenvalue weighted by Crippen LogP contribution is -2.20. The molecule has 5 heterocycles. The number of halogens is 1. The Morgan fingerprint density at radius 1 is 1.00 bits per heavy atom. The van der Waals surface area contributed by atoms with Crippen molar-refractivity contribution >= 4 is 39.3 Å². The van der Waals surface area contributed by atoms with E-state index in [0.29, 0.717) is 58.3 Å². The Morgan fingerprint density at radius 3 is 2.67 bits per heavy atom. The smallest absolute Gasteiger partial charge is 0.224 e. The van der Waals surface area contributed by atoms with Crippen molar-refractivity contribution in [2.75, 3.05) is 37.8 Å². The minimum Gasteiger partial charge on any atom is -0.384 e. The lowest BCUT2D eigenvalue weighted by molar-refractivity contribution is -0.115. The highest BCUT2D eigenvalue weighted by molar-refractivity contribution is 5.97. The van der Waals surface area contributed by atoms with Crippen molar-refractivity contribution in [2.45, 2.75) is 13.3 Å². The first-order valence-electron chi connectivity index (χ1n) is 13.5. The van der Waals surface area contributed by atoms with Gasteiger partial charge >= 0.3 is 0 Å². The fourth-order valence-corrected chi connectivity index (χ4v) is 4.67. The number of amides is 1. The van der Waals surface area contributed by atoms with Crippen molar-refractivity contribution in [3.8, 4) is 33.9 Å². The molecule has 1 amide bonds. The van der Waals surface area contributed by atoms with Crippen molar-refractivity contribution in [1.82, 2.24) is 40.0 Å². The van der Waals surface area contributed by atoms with Crippen LogP contribution >= 0.6 is 0 Å². The van der Waals surface area contributed by atoms with Crippen LogP contribution in [0.5, 0.6) is 0 Å². The maximum atomic E-state index is 14.6. The molecule has 12 heteroatoms. The molecule has 0 bridgehead atoms. The number of nitrogens with zero attached hydrogens (tertiary/aromatic N) is 6. The Morgan fingerprint density at radius 2 is 1.83 bits per heavy atom. The number of benzene rings is 1. The van der Waals surface area contributed by atoms with E-state index in [2.05, 4.69) is 45.7 Å². The molecule has 0 aliphatic carbocycles. The molecule has 1 aromatic carbocycles. The molecular weight excluding hydrogens is 535 g/mol. The molecule has 11 nitrogen and oxygen atoms in total. The number of nitrogens with one attached hydrogen (secondary N) is 4. The second kappa shape index (κ2) is 11.3. The molecule has 0 spiro atoms. The first-order valence-corrected chi connectivity index (χ1v) is 13.5. The third kappa shape index (κ3) is 5.52. The summed E-state index contributed by atoms with van der Waals surface area (Å²) in [5, 5.41) is 14.3. The number of anilines is 2. The Bertz CT molecular complexity index is 1910. The summed E-state index contributed by atoms with van der Waals surface area (Å²) in [7, 11) is 3.98. The SMILES string of the molecule is CCC(=O)Nc1cncc(-c2cnc3n[nH]c(-c4nc5c(-c6cc(F)cc(NCCN(C)C)c6)nccc5[nH]4)c3c2)c1. The van der Waals surface area contributed by atoms with E-state index in [0.717, 1.165) is 28.6 Å². The number of imidazole rings is 1. The van der Waals surface area contributed by atoms with Crippen LogP contribution in [0.3, 0.4) is 0 Å². The Labute approximate surface area is 240 Å². The summed E-state index contributed by atoms with van der Waals surface area (Å²) in [6.45, 7) is 3.29. The fraction of sp³-hybridized carbons (Fsp3) is 0.200. The van der Waals surface area contributed by atoms with E-state index in [1.165, 1.54) is 12.1 Å². The third-order valence-corrected chi connectivity index (χ3v) is 6.78. The molecule has 6 aromatic rings. The average molecular weight is 565 g/mol. The molecule has 0 unspecified atom stereocenters. The van der Waals surface area contributed by atoms with Gasteiger partial charge in [-0.05, 0) is 50.5 Å². The van der Waals surface area contributed by atoms with Gasteiger partial charge in [0.1, 0.15) is 17.0 Å². The molecule has 0 fully saturated rings. The Hall–Kier alpha value is -5.23. The van der Waals surface area contributed by atoms with Crippen molar-refractivity contribution in [3.63, 3.8) is 0 Å². The van der Waals surface area contributed by atoms with Gasteiger partial charge in [-0.1, -0.05) is 6.92 Å². The molecule has 0 aliphatic rings. The Balaban J connectivity index is 1.36. The summed E-state index contributed by atoms with van der Waals surface area (Å²) < 4.78 is 14.6. The van der Waals surface area contributed by atoms with Crippen LogP contribution in [0.4, 0.5) is 15.8 Å². The van der Waals surface area contributed by atoms with Gasteiger partial charge in [0.05, 0.1) is 28.5 Å². The summed E-state index contributed by atoms with van der Waals surface area (Å²) >= 11 is 0. The lowest BCUT2D eigenvalue weighted by atomic mass is 10.1. The van der Waals surface area contributed by atoms with Gasteiger partial charge in [-0.25, -0.2) is 14.4 Å². The molecule has 6 rings (SSSR count). The number of likely N-dealkylation sites (N-methyl/N-ethyl adjacent to an activating group) is 1. The topological polar surface area (TPSA) is 140 Å². The standard InChI is InChI=1S/C30H29FN10O/c1-4-25(42)36-22-11-18(14-32-16-22)19-12-23-27(39-40-29(23)35-15-19)30-37-24-5-6-34-26(28(24)38-30)17-9-20(31)13-21(10-17)33-7-8-41(2)3/h5-6,9-16,33H,4,7-8H2,1-3H3,(H,36,42)(H,37,38)(H,35,39,40). The number of fused-ring (bicyclic) bond motifs is 2. The molecule has 0 atom stereocenters. The van der Waals surface area contributed by atoms with Gasteiger partial charge in [0.2, 0.25) is 5.91 Å². The van der Waals surface area contributed by atoms with Crippen LogP contribution in [0, 0.1) is 5.82 Å². The zero-order valence-corrected chi connectivity index (χ0v) is 23.4. The number of hydrogen-bond acceptors (Lipinski definition) is 8. The highest BCUT2D eigenvalue weighted by atomic mass is 19.1. The van der Waals surface area contributed by atoms with Gasteiger partial charge in [0.25, 0.3) is 0 Å². The number of aromatic amines is 2. The molecule has 4 N–H and O–H groups in total. The monoisotopic (exact) mass is 564 g/mol. The van der Waals surface area contributed by atoms with E-state index in [-0.39, 0.29) is 11.7 Å². The van der Waals surface area contributed by atoms with Crippen molar-refractivity contribution in [2.24, 2.45) is 0 Å². The predicted octanol–water partition coefficient (Wildman–Crippen LogP) is 5.09. The van der Waals surface area contributed by atoms with Crippen molar-refractivity contribution in [3.05, 3.63) is 67.0 Å². The second-order valence-corrected chi connectivity index (χ2v) is 10.2. The number of pyridine rings is 3. The summed E-state index contributed by atoms with van der Waals surface area (Å²) in [4.78, 5) is 35.5. The number of H-pyrrole nitrogens is 2. The van der Waals surface area contributed by atoms with Crippen LogP contribution in [0.15, 0.2) is 61.2 Å². The van der Waals surface area contributed by atoms with Crippen LogP contribution in [-0.4, -0.2) is 73.1 Å². The minimum atomic E-state index is -0.361. The van der Waals surface area contributed by atoms with Crippen LogP contribution in [0.2, 0.25) is 0 Å². The van der Waals surface area contributed by atoms with Crippen molar-refractivity contribution < 1.29 is 9.18 Å². The van der Waals surface area contributed by atoms with E-state index >= 15 is 0 Å². The molecule has 0 radical (unpaired) electrons. The number of aromatic nitrogens is 7. The average Bonchev–Trinajstić information content (AvgIpc) is 3.60. The highest BCUT2D eigenvalue weighted by Crippen LogP contribution is 2.33. The largest absolute Gasteiger partial charge is 0.384 e. The van der Waals surface area contributed by atoms with Gasteiger partial charge < -0.3 is 20.5 Å². The normalized spacial score (nSPS) is 11.5. The van der Waals surface area contributed by atoms with E-state index in [1.54, 1.807) is 31.7 Å². The van der Waals surface area contributed by atoms with E-state index in [4.69, 9.17) is 4.98 Å². The van der Waals surface area contributed by atoms with E-state index in [9.17, 15) is 9.18 Å². The molecule has 5 aromatic heterocycles. The predicted molar refractivity (Wildman–Crippen MR) is 161 cm³/mol. The highest BCUT2D eigenvalue weighted by Gasteiger charge is 2.17. The Kier molecular flexibility index (Phi) is 7.28. The maximum Gasteiger partial charge on any atom is 0.224 e. The summed E-state index contributed by atoms with van der Waals surface area (Å²) in [5.41, 5.74) is 6.58. The number of rotatable bonds is 9. The fourth-order valence-electron chi connectivity index (χ4n) is 4.67. The summed E-state index contributed by atoms with van der Waals surface area (Å²) in [6.07, 6.45) is 7.08. The zero-order valence-electron chi connectivity index (χ0n) is 23.4. The van der Waals surface area contributed by atoms with Crippen LogP contribution < -0.4 is 10.6 Å². The molecule has 212 valence electrons. The van der Waals surface area contributed by atoms with Gasteiger partial charge in [0, 0.05) is 60.5 Å². The quantitative estimate of drug-likeness (QED) is 0.190. The summed E-state index contributed by atoms with van der Waals surface area (Å²) in [5.74, 6) is 0.0948. The van der Waals surface area contributed by atoms with Gasteiger partial charge in [-0.3, -0.25) is 19.9 Å². The molecule has 0 saturated carbocycles. The lowest BCUT2D eigenvalue weighted by Gasteiger charge is -2.12. The van der Waals surface area contributed by atoms with Gasteiger partial charge in [-0.15, -0.1) is 0 Å². The number of carbonyl (C=O) groups excluding carboxylic acids is 1. The van der Waals surface area contributed by atoms with Crippen LogP contribution in [0.1, 0.15) is 13.3 Å². The van der Waals surface area contributed by atoms with Crippen LogP contribution in [-0.2, 0) is 4.79 Å². The second-order valence-electron chi connectivity index (χ2n) is 10.2. The maximum absolute atomic E-state index is 14.6. The number of carbonyl (C=O) groups is 1. The summed E-state index contributed by atoms with van der Waals surface area (Å²) in [6, 6.07) is 10.4. The first kappa shape index (κ1) is 27.0.